The zero-order valence-corrected chi connectivity index (χ0v) is 13.4. The highest BCUT2D eigenvalue weighted by Crippen LogP contribution is 2.25. The fraction of sp³-hybridized carbons (Fsp3) is 0.571. The normalized spacial score (nSPS) is 21.8. The van der Waals surface area contributed by atoms with E-state index in [2.05, 4.69) is 5.32 Å². The van der Waals surface area contributed by atoms with Gasteiger partial charge in [-0.05, 0) is 25.0 Å². The third-order valence-electron chi connectivity index (χ3n) is 3.76. The Morgan fingerprint density at radius 1 is 1.43 bits per heavy atom. The van der Waals surface area contributed by atoms with E-state index in [0.29, 0.717) is 17.3 Å². The Hall–Kier alpha value is -1.27. The molecule has 0 spiro atoms. The fourth-order valence-corrected chi connectivity index (χ4v) is 3.75. The summed E-state index contributed by atoms with van der Waals surface area (Å²) in [5, 5.41) is 12.1. The van der Waals surface area contributed by atoms with E-state index in [0.717, 1.165) is 24.1 Å². The van der Waals surface area contributed by atoms with Gasteiger partial charge in [0.15, 0.2) is 0 Å². The second-order valence-electron chi connectivity index (χ2n) is 5.35. The quantitative estimate of drug-likeness (QED) is 0.890. The van der Waals surface area contributed by atoms with Gasteiger partial charge in [0.1, 0.15) is 0 Å². The number of halogens is 1. The molecule has 2 rings (SSSR count). The topological polar surface area (TPSA) is 69.6 Å². The molecule has 2 N–H and O–H groups in total. The highest BCUT2D eigenvalue weighted by Gasteiger charge is 2.32. The van der Waals surface area contributed by atoms with E-state index in [1.807, 2.05) is 6.07 Å². The zero-order valence-electron chi connectivity index (χ0n) is 11.8. The van der Waals surface area contributed by atoms with Gasteiger partial charge in [-0.15, -0.1) is 11.3 Å². The van der Waals surface area contributed by atoms with E-state index in [1.165, 1.54) is 11.3 Å². The van der Waals surface area contributed by atoms with E-state index in [4.69, 9.17) is 11.6 Å². The second-order valence-corrected chi connectivity index (χ2v) is 7.15. The maximum atomic E-state index is 12.2. The van der Waals surface area contributed by atoms with Gasteiger partial charge in [0.2, 0.25) is 0 Å². The zero-order chi connectivity index (χ0) is 15.4. The molecule has 1 heterocycles. The lowest BCUT2D eigenvalue weighted by molar-refractivity contribution is -0.143. The average Bonchev–Trinajstić information content (AvgIpc) is 2.84. The smallest absolute Gasteiger partial charge is 0.317 e. The van der Waals surface area contributed by atoms with Gasteiger partial charge < -0.3 is 15.3 Å². The third-order valence-corrected chi connectivity index (χ3v) is 4.98. The SMILES string of the molecule is CN(Cc1ccc(Cl)s1)C(=O)NC1CCCCC1C(=O)O. The number of carboxylic acid groups (broad SMARTS) is 1. The molecule has 116 valence electrons. The minimum absolute atomic E-state index is 0.238. The van der Waals surface area contributed by atoms with Crippen LogP contribution in [0.4, 0.5) is 4.79 Å². The van der Waals surface area contributed by atoms with Gasteiger partial charge in [-0.1, -0.05) is 24.4 Å². The molecule has 1 saturated carbocycles. The summed E-state index contributed by atoms with van der Waals surface area (Å²) in [6.07, 6.45) is 3.22. The van der Waals surface area contributed by atoms with Crippen molar-refractivity contribution in [3.63, 3.8) is 0 Å². The monoisotopic (exact) mass is 330 g/mol. The van der Waals surface area contributed by atoms with Gasteiger partial charge in [0.25, 0.3) is 0 Å². The van der Waals surface area contributed by atoms with E-state index in [1.54, 1.807) is 18.0 Å². The molecule has 5 nitrogen and oxygen atoms in total. The molecular formula is C14H19ClN2O3S. The average molecular weight is 331 g/mol. The first-order valence-corrected chi connectivity index (χ1v) is 8.15. The minimum Gasteiger partial charge on any atom is -0.481 e. The van der Waals surface area contributed by atoms with Crippen LogP contribution in [0.25, 0.3) is 0 Å². The molecule has 0 saturated heterocycles. The number of nitrogens with one attached hydrogen (secondary N) is 1. The Labute approximate surface area is 132 Å². The van der Waals surface area contributed by atoms with Gasteiger partial charge in [-0.2, -0.15) is 0 Å². The molecule has 2 amide bonds. The lowest BCUT2D eigenvalue weighted by Crippen LogP contribution is -2.49. The van der Waals surface area contributed by atoms with Gasteiger partial charge >= 0.3 is 12.0 Å². The summed E-state index contributed by atoms with van der Waals surface area (Å²) in [4.78, 5) is 26.0. The molecule has 0 radical (unpaired) electrons. The van der Waals surface area contributed by atoms with Crippen molar-refractivity contribution in [2.75, 3.05) is 7.05 Å². The summed E-state index contributed by atoms with van der Waals surface area (Å²) < 4.78 is 0.692. The molecule has 21 heavy (non-hydrogen) atoms. The highest BCUT2D eigenvalue weighted by atomic mass is 35.5. The van der Waals surface area contributed by atoms with Crippen molar-refractivity contribution in [1.29, 1.82) is 0 Å². The predicted octanol–water partition coefficient (Wildman–Crippen LogP) is 3.19. The van der Waals surface area contributed by atoms with Crippen LogP contribution in [0.3, 0.4) is 0 Å². The van der Waals surface area contributed by atoms with Crippen LogP contribution in [0, 0.1) is 5.92 Å². The first-order chi connectivity index (χ1) is 9.97. The molecule has 1 aromatic rings. The van der Waals surface area contributed by atoms with Crippen molar-refractivity contribution >= 4 is 34.9 Å². The Morgan fingerprint density at radius 3 is 2.76 bits per heavy atom. The molecule has 1 aliphatic rings. The molecule has 2 atom stereocenters. The highest BCUT2D eigenvalue weighted by molar-refractivity contribution is 7.16. The first-order valence-electron chi connectivity index (χ1n) is 6.96. The lowest BCUT2D eigenvalue weighted by Gasteiger charge is -2.30. The fourth-order valence-electron chi connectivity index (χ4n) is 2.61. The largest absolute Gasteiger partial charge is 0.481 e. The van der Waals surface area contributed by atoms with Crippen molar-refractivity contribution < 1.29 is 14.7 Å². The number of urea groups is 1. The van der Waals surface area contributed by atoms with Crippen LogP contribution in [0.5, 0.6) is 0 Å². The Bertz CT molecular complexity index is 520. The van der Waals surface area contributed by atoms with Crippen molar-refractivity contribution in [3.8, 4) is 0 Å². The summed E-state index contributed by atoms with van der Waals surface area (Å²) in [5.41, 5.74) is 0. The number of carboxylic acids is 1. The minimum atomic E-state index is -0.826. The maximum absolute atomic E-state index is 12.2. The van der Waals surface area contributed by atoms with Crippen LogP contribution < -0.4 is 5.32 Å². The number of aliphatic carboxylic acids is 1. The van der Waals surface area contributed by atoms with Crippen LogP contribution in [0.1, 0.15) is 30.6 Å². The van der Waals surface area contributed by atoms with Gasteiger partial charge in [-0.25, -0.2) is 4.79 Å². The van der Waals surface area contributed by atoms with E-state index < -0.39 is 11.9 Å². The number of hydrogen-bond acceptors (Lipinski definition) is 3. The molecular weight excluding hydrogens is 312 g/mol. The summed E-state index contributed by atoms with van der Waals surface area (Å²) in [6, 6.07) is 3.17. The Morgan fingerprint density at radius 2 is 2.14 bits per heavy atom. The van der Waals surface area contributed by atoms with Crippen LogP contribution in [-0.2, 0) is 11.3 Å². The number of rotatable bonds is 4. The molecule has 1 aromatic heterocycles. The molecule has 0 aromatic carbocycles. The Balaban J connectivity index is 1.91. The Kier molecular flexibility index (Phi) is 5.47. The molecule has 7 heteroatoms. The number of carbonyl (C=O) groups excluding carboxylic acids is 1. The lowest BCUT2D eigenvalue weighted by atomic mass is 9.84. The second kappa shape index (κ2) is 7.13. The first kappa shape index (κ1) is 16.1. The van der Waals surface area contributed by atoms with Gasteiger partial charge in [0, 0.05) is 18.0 Å². The maximum Gasteiger partial charge on any atom is 0.317 e. The number of carbonyl (C=O) groups is 2. The van der Waals surface area contributed by atoms with Crippen molar-refractivity contribution in [1.82, 2.24) is 10.2 Å². The van der Waals surface area contributed by atoms with Crippen molar-refractivity contribution in [2.24, 2.45) is 5.92 Å². The predicted molar refractivity (Wildman–Crippen MR) is 82.7 cm³/mol. The van der Waals surface area contributed by atoms with Crippen LogP contribution in [0.2, 0.25) is 4.34 Å². The number of nitrogens with zero attached hydrogens (tertiary/aromatic N) is 1. The standard InChI is InChI=1S/C14H19ClN2O3S/c1-17(8-9-6-7-12(15)21-9)14(20)16-11-5-3-2-4-10(11)13(18)19/h6-7,10-11H,2-5,8H2,1H3,(H,16,20)(H,18,19). The van der Waals surface area contributed by atoms with E-state index in [9.17, 15) is 14.7 Å². The molecule has 1 fully saturated rings. The molecule has 0 bridgehead atoms. The number of hydrogen-bond donors (Lipinski definition) is 2. The van der Waals surface area contributed by atoms with E-state index in [-0.39, 0.29) is 12.1 Å². The van der Waals surface area contributed by atoms with Gasteiger partial charge in [-0.3, -0.25) is 4.79 Å². The molecule has 2 unspecified atom stereocenters. The van der Waals surface area contributed by atoms with E-state index >= 15 is 0 Å². The van der Waals surface area contributed by atoms with Gasteiger partial charge in [0.05, 0.1) is 16.8 Å². The molecule has 0 aliphatic heterocycles. The van der Waals surface area contributed by atoms with Crippen molar-refractivity contribution in [3.05, 3.63) is 21.3 Å². The summed E-state index contributed by atoms with van der Waals surface area (Å²) in [7, 11) is 1.70. The third kappa shape index (κ3) is 4.35. The van der Waals surface area contributed by atoms with Crippen molar-refractivity contribution in [2.45, 2.75) is 38.3 Å². The van der Waals surface area contributed by atoms with Crippen LogP contribution in [-0.4, -0.2) is 35.1 Å². The number of amides is 2. The summed E-state index contributed by atoms with van der Waals surface area (Å²) in [5.74, 6) is -1.31. The summed E-state index contributed by atoms with van der Waals surface area (Å²) >= 11 is 7.30. The number of thiophene rings is 1. The van der Waals surface area contributed by atoms with Crippen LogP contribution >= 0.6 is 22.9 Å². The van der Waals surface area contributed by atoms with Crippen LogP contribution in [0.15, 0.2) is 12.1 Å². The summed E-state index contributed by atoms with van der Waals surface area (Å²) in [6.45, 7) is 0.466. The molecule has 1 aliphatic carbocycles.